The number of hydrogen-bond acceptors (Lipinski definition) is 5. The minimum absolute atomic E-state index is 0. The monoisotopic (exact) mass is 462 g/mol. The van der Waals surface area contributed by atoms with Gasteiger partial charge in [0.15, 0.2) is 5.82 Å². The van der Waals surface area contributed by atoms with E-state index in [-0.39, 0.29) is 24.3 Å². The summed E-state index contributed by atoms with van der Waals surface area (Å²) in [5.41, 5.74) is 2.03. The molecule has 1 aromatic heterocycles. The average molecular weight is 463 g/mol. The number of piperazine rings is 1. The molecule has 1 atom stereocenters. The zero-order chi connectivity index (χ0) is 20.9. The fourth-order valence-corrected chi connectivity index (χ4v) is 3.96. The molecule has 0 aliphatic carbocycles. The third-order valence-electron chi connectivity index (χ3n) is 5.39. The van der Waals surface area contributed by atoms with Gasteiger partial charge in [-0.3, -0.25) is 9.80 Å². The van der Waals surface area contributed by atoms with Crippen LogP contribution in [0, 0.1) is 5.82 Å². The predicted octanol–water partition coefficient (Wildman–Crippen LogP) is 3.83. The van der Waals surface area contributed by atoms with E-state index in [1.807, 2.05) is 30.3 Å². The molecular formula is C22H25Cl2FN6. The Morgan fingerprint density at radius 1 is 1.03 bits per heavy atom. The zero-order valence-electron chi connectivity index (χ0n) is 17.1. The highest BCUT2D eigenvalue weighted by atomic mass is 35.5. The van der Waals surface area contributed by atoms with Gasteiger partial charge in [0.25, 0.3) is 0 Å². The Morgan fingerprint density at radius 3 is 2.35 bits per heavy atom. The second kappa shape index (κ2) is 10.8. The summed E-state index contributed by atoms with van der Waals surface area (Å²) < 4.78 is 15.1. The van der Waals surface area contributed by atoms with Crippen molar-refractivity contribution in [3.8, 4) is 0 Å². The molecule has 31 heavy (non-hydrogen) atoms. The van der Waals surface area contributed by atoms with Gasteiger partial charge in [0.2, 0.25) is 0 Å². The Labute approximate surface area is 192 Å². The summed E-state index contributed by atoms with van der Waals surface area (Å²) in [6, 6.07) is 14.2. The number of tetrazole rings is 1. The van der Waals surface area contributed by atoms with Crippen LogP contribution in [0.4, 0.5) is 4.39 Å². The van der Waals surface area contributed by atoms with E-state index >= 15 is 0 Å². The van der Waals surface area contributed by atoms with Crippen LogP contribution in [0.2, 0.25) is 5.02 Å². The second-order valence-electron chi connectivity index (χ2n) is 7.40. The largest absolute Gasteiger partial charge is 0.297 e. The van der Waals surface area contributed by atoms with Crippen molar-refractivity contribution < 1.29 is 4.39 Å². The number of benzene rings is 2. The molecule has 6 nitrogen and oxygen atoms in total. The highest BCUT2D eigenvalue weighted by Crippen LogP contribution is 2.29. The summed E-state index contributed by atoms with van der Waals surface area (Å²) in [6.07, 6.45) is 1.94. The van der Waals surface area contributed by atoms with Crippen molar-refractivity contribution in [1.82, 2.24) is 30.0 Å². The molecule has 164 valence electrons. The molecule has 1 unspecified atom stereocenters. The van der Waals surface area contributed by atoms with Crippen molar-refractivity contribution in [2.45, 2.75) is 12.6 Å². The van der Waals surface area contributed by atoms with Gasteiger partial charge in [0.1, 0.15) is 5.82 Å². The van der Waals surface area contributed by atoms with E-state index < -0.39 is 0 Å². The number of nitrogens with zero attached hydrogens (tertiary/aromatic N) is 6. The Hall–Kier alpha value is -2.32. The lowest BCUT2D eigenvalue weighted by Crippen LogP contribution is -2.48. The first-order chi connectivity index (χ1) is 14.6. The molecule has 4 rings (SSSR count). The molecular weight excluding hydrogens is 438 g/mol. The van der Waals surface area contributed by atoms with Crippen LogP contribution in [0.5, 0.6) is 0 Å². The van der Waals surface area contributed by atoms with Gasteiger partial charge in [-0.25, -0.2) is 9.07 Å². The van der Waals surface area contributed by atoms with Gasteiger partial charge in [-0.1, -0.05) is 41.9 Å². The number of hydrogen-bond donors (Lipinski definition) is 0. The van der Waals surface area contributed by atoms with Crippen molar-refractivity contribution in [2.24, 2.45) is 0 Å². The minimum atomic E-state index is -0.257. The fourth-order valence-electron chi connectivity index (χ4n) is 3.84. The molecule has 1 fully saturated rings. The standard InChI is InChI=1S/C22H24ClFN6.ClH/c1-2-11-28-12-14-29(15-13-28)21(18-5-7-19(23)8-6-18)22-25-26-27-30(22)16-17-3-9-20(24)10-4-17;/h2-10,21H,1,11-16H2;1H. The first-order valence-corrected chi connectivity index (χ1v) is 10.3. The van der Waals surface area contributed by atoms with Crippen molar-refractivity contribution in [2.75, 3.05) is 32.7 Å². The second-order valence-corrected chi connectivity index (χ2v) is 7.84. The number of aromatic nitrogens is 4. The molecule has 1 aliphatic rings. The molecule has 9 heteroatoms. The van der Waals surface area contributed by atoms with Gasteiger partial charge in [0.05, 0.1) is 12.6 Å². The van der Waals surface area contributed by atoms with Gasteiger partial charge >= 0.3 is 0 Å². The van der Waals surface area contributed by atoms with Gasteiger partial charge < -0.3 is 0 Å². The first kappa shape index (κ1) is 23.3. The van der Waals surface area contributed by atoms with E-state index in [0.717, 1.165) is 49.7 Å². The van der Waals surface area contributed by atoms with Crippen LogP contribution in [0.15, 0.2) is 61.2 Å². The lowest BCUT2D eigenvalue weighted by molar-refractivity contribution is 0.112. The van der Waals surface area contributed by atoms with Crippen molar-refractivity contribution in [3.63, 3.8) is 0 Å². The summed E-state index contributed by atoms with van der Waals surface area (Å²) in [6.45, 7) is 8.90. The van der Waals surface area contributed by atoms with Crippen LogP contribution >= 0.6 is 24.0 Å². The van der Waals surface area contributed by atoms with Crippen LogP contribution < -0.4 is 0 Å². The Balaban J connectivity index is 0.00000272. The molecule has 0 radical (unpaired) electrons. The van der Waals surface area contributed by atoms with Gasteiger partial charge in [-0.2, -0.15) is 0 Å². The smallest absolute Gasteiger partial charge is 0.173 e. The highest BCUT2D eigenvalue weighted by Gasteiger charge is 2.30. The van der Waals surface area contributed by atoms with Crippen molar-refractivity contribution >= 4 is 24.0 Å². The first-order valence-electron chi connectivity index (χ1n) is 9.97. The summed E-state index contributed by atoms with van der Waals surface area (Å²) in [7, 11) is 0. The summed E-state index contributed by atoms with van der Waals surface area (Å²) in [5, 5.41) is 13.3. The van der Waals surface area contributed by atoms with E-state index in [1.165, 1.54) is 12.1 Å². The normalized spacial score (nSPS) is 15.9. The maximum absolute atomic E-state index is 13.3. The van der Waals surface area contributed by atoms with Gasteiger partial charge in [-0.15, -0.1) is 24.1 Å². The highest BCUT2D eigenvalue weighted by molar-refractivity contribution is 6.30. The topological polar surface area (TPSA) is 50.1 Å². The van der Waals surface area contributed by atoms with Crippen LogP contribution in [0.3, 0.4) is 0 Å². The Morgan fingerprint density at radius 2 is 1.71 bits per heavy atom. The molecule has 0 spiro atoms. The molecule has 1 saturated heterocycles. The zero-order valence-corrected chi connectivity index (χ0v) is 18.6. The Kier molecular flexibility index (Phi) is 8.15. The number of rotatable bonds is 7. The molecule has 1 aliphatic heterocycles. The molecule has 2 aromatic carbocycles. The summed E-state index contributed by atoms with van der Waals surface area (Å²) in [5.74, 6) is 0.506. The average Bonchev–Trinajstić information content (AvgIpc) is 3.20. The summed E-state index contributed by atoms with van der Waals surface area (Å²) >= 11 is 6.13. The minimum Gasteiger partial charge on any atom is -0.297 e. The molecule has 0 bridgehead atoms. The van der Waals surface area contributed by atoms with E-state index in [0.29, 0.717) is 11.6 Å². The molecule has 0 N–H and O–H groups in total. The van der Waals surface area contributed by atoms with E-state index in [1.54, 1.807) is 16.8 Å². The molecule has 0 amide bonds. The number of halogens is 3. The van der Waals surface area contributed by atoms with E-state index in [9.17, 15) is 4.39 Å². The lowest BCUT2D eigenvalue weighted by atomic mass is 10.0. The van der Waals surface area contributed by atoms with E-state index in [4.69, 9.17) is 11.6 Å². The third-order valence-corrected chi connectivity index (χ3v) is 5.65. The quantitative estimate of drug-likeness (QED) is 0.499. The van der Waals surface area contributed by atoms with Crippen molar-refractivity contribution in [1.29, 1.82) is 0 Å². The maximum Gasteiger partial charge on any atom is 0.173 e. The van der Waals surface area contributed by atoms with Gasteiger partial charge in [-0.05, 0) is 45.8 Å². The SMILES string of the molecule is C=CCN1CCN(C(c2ccc(Cl)cc2)c2nnnn2Cc2ccc(F)cc2)CC1.Cl. The van der Waals surface area contributed by atoms with Crippen molar-refractivity contribution in [3.05, 3.63) is 89.0 Å². The van der Waals surface area contributed by atoms with Crippen LogP contribution in [-0.4, -0.2) is 62.7 Å². The fraction of sp³-hybridized carbons (Fsp3) is 0.318. The van der Waals surface area contributed by atoms with Crippen LogP contribution in [0.1, 0.15) is 23.0 Å². The van der Waals surface area contributed by atoms with Gasteiger partial charge in [0, 0.05) is 37.7 Å². The maximum atomic E-state index is 13.3. The molecule has 2 heterocycles. The summed E-state index contributed by atoms with van der Waals surface area (Å²) in [4.78, 5) is 4.78. The predicted molar refractivity (Wildman–Crippen MR) is 122 cm³/mol. The van der Waals surface area contributed by atoms with E-state index in [2.05, 4.69) is 31.9 Å². The lowest BCUT2D eigenvalue weighted by Gasteiger charge is -2.38. The third kappa shape index (κ3) is 5.68. The molecule has 0 saturated carbocycles. The Bertz CT molecular complexity index is 968. The van der Waals surface area contributed by atoms with Crippen LogP contribution in [0.25, 0.3) is 0 Å². The van der Waals surface area contributed by atoms with Crippen LogP contribution in [-0.2, 0) is 6.54 Å². The molecule has 3 aromatic rings.